The van der Waals surface area contributed by atoms with Gasteiger partial charge >= 0.3 is 0 Å². The Labute approximate surface area is 108 Å². The van der Waals surface area contributed by atoms with Crippen molar-refractivity contribution in [1.82, 2.24) is 0 Å². The number of ether oxygens (including phenoxy) is 3. The van der Waals surface area contributed by atoms with Crippen molar-refractivity contribution in [3.05, 3.63) is 29.8 Å². The van der Waals surface area contributed by atoms with E-state index in [9.17, 15) is 4.79 Å². The average Bonchev–Trinajstić information content (AvgIpc) is 2.38. The van der Waals surface area contributed by atoms with Crippen LogP contribution < -0.4 is 4.74 Å². The third-order valence-electron chi connectivity index (χ3n) is 2.37. The first kappa shape index (κ1) is 14.7. The number of methoxy groups -OCH3 is 1. The molecule has 0 amide bonds. The lowest BCUT2D eigenvalue weighted by molar-refractivity contribution is 0.0644. The molecule has 0 aliphatic rings. The summed E-state index contributed by atoms with van der Waals surface area (Å²) in [6.07, 6.45) is 0.814. The molecule has 0 heterocycles. The number of carbonyl (C=O) groups is 1. The molecular formula is C14H20O4. The first-order valence-electron chi connectivity index (χ1n) is 6.04. The highest BCUT2D eigenvalue weighted by Gasteiger charge is 2.00. The summed E-state index contributed by atoms with van der Waals surface area (Å²) in [5.74, 6) is 0.767. The van der Waals surface area contributed by atoms with E-state index in [1.54, 1.807) is 26.2 Å². The van der Waals surface area contributed by atoms with Gasteiger partial charge in [0.05, 0.1) is 19.8 Å². The van der Waals surface area contributed by atoms with Crippen LogP contribution in [0.2, 0.25) is 0 Å². The molecular weight excluding hydrogens is 232 g/mol. The minimum absolute atomic E-state index is 0.0448. The fourth-order valence-corrected chi connectivity index (χ4v) is 1.40. The summed E-state index contributed by atoms with van der Waals surface area (Å²) in [5, 5.41) is 0. The Hall–Kier alpha value is -1.39. The van der Waals surface area contributed by atoms with Gasteiger partial charge in [-0.2, -0.15) is 0 Å². The lowest BCUT2D eigenvalue weighted by atomic mass is 10.1. The Morgan fingerprint density at radius 1 is 1.17 bits per heavy atom. The molecule has 0 fully saturated rings. The molecule has 0 saturated heterocycles. The van der Waals surface area contributed by atoms with Crippen molar-refractivity contribution in [3.8, 4) is 5.75 Å². The highest BCUT2D eigenvalue weighted by molar-refractivity contribution is 5.94. The number of hydrogen-bond acceptors (Lipinski definition) is 4. The molecule has 0 radical (unpaired) electrons. The predicted octanol–water partition coefficient (Wildman–Crippen LogP) is 2.32. The van der Waals surface area contributed by atoms with Gasteiger partial charge in [0.25, 0.3) is 0 Å². The zero-order valence-electron chi connectivity index (χ0n) is 11.0. The molecule has 4 heteroatoms. The number of Topliss-reactive ketones (excluding diaryl/α,β-unsaturated/α-hetero) is 1. The van der Waals surface area contributed by atoms with Crippen LogP contribution >= 0.6 is 0 Å². The maximum absolute atomic E-state index is 11.2. The number of rotatable bonds is 9. The van der Waals surface area contributed by atoms with Crippen molar-refractivity contribution in [2.24, 2.45) is 0 Å². The maximum atomic E-state index is 11.2. The summed E-state index contributed by atoms with van der Waals surface area (Å²) in [7, 11) is 1.65. The Bertz CT molecular complexity index is 363. The SMILES string of the molecule is COCCOCCCOc1cccc(C(C)=O)c1. The molecule has 0 atom stereocenters. The second-order valence-electron chi connectivity index (χ2n) is 3.89. The van der Waals surface area contributed by atoms with E-state index in [0.29, 0.717) is 32.0 Å². The van der Waals surface area contributed by atoms with E-state index >= 15 is 0 Å². The highest BCUT2D eigenvalue weighted by Crippen LogP contribution is 2.13. The molecule has 1 aromatic carbocycles. The summed E-state index contributed by atoms with van der Waals surface area (Å²) in [5.41, 5.74) is 0.670. The zero-order chi connectivity index (χ0) is 13.2. The van der Waals surface area contributed by atoms with E-state index in [-0.39, 0.29) is 5.78 Å². The van der Waals surface area contributed by atoms with Crippen molar-refractivity contribution in [2.45, 2.75) is 13.3 Å². The van der Waals surface area contributed by atoms with Gasteiger partial charge in [0.2, 0.25) is 0 Å². The molecule has 0 N–H and O–H groups in total. The maximum Gasteiger partial charge on any atom is 0.159 e. The van der Waals surface area contributed by atoms with Gasteiger partial charge in [0.15, 0.2) is 5.78 Å². The van der Waals surface area contributed by atoms with Crippen LogP contribution in [0.25, 0.3) is 0 Å². The minimum Gasteiger partial charge on any atom is -0.493 e. The quantitative estimate of drug-likeness (QED) is 0.500. The Kier molecular flexibility index (Phi) is 7.06. The van der Waals surface area contributed by atoms with Crippen LogP contribution in [0.3, 0.4) is 0 Å². The van der Waals surface area contributed by atoms with E-state index in [0.717, 1.165) is 12.2 Å². The number of benzene rings is 1. The second kappa shape index (κ2) is 8.66. The summed E-state index contributed by atoms with van der Waals surface area (Å²) in [4.78, 5) is 11.2. The molecule has 4 nitrogen and oxygen atoms in total. The van der Waals surface area contributed by atoms with Crippen molar-refractivity contribution in [3.63, 3.8) is 0 Å². The third-order valence-corrected chi connectivity index (χ3v) is 2.37. The van der Waals surface area contributed by atoms with Crippen molar-refractivity contribution in [2.75, 3.05) is 33.5 Å². The molecule has 100 valence electrons. The largest absolute Gasteiger partial charge is 0.493 e. The van der Waals surface area contributed by atoms with Gasteiger partial charge in [0, 0.05) is 25.7 Å². The van der Waals surface area contributed by atoms with Crippen LogP contribution in [0.5, 0.6) is 5.75 Å². The molecule has 0 saturated carbocycles. The first-order valence-corrected chi connectivity index (χ1v) is 6.04. The molecule has 0 aliphatic carbocycles. The Balaban J connectivity index is 2.19. The highest BCUT2D eigenvalue weighted by atomic mass is 16.5. The summed E-state index contributed by atoms with van der Waals surface area (Å²) in [6.45, 7) is 3.99. The average molecular weight is 252 g/mol. The normalized spacial score (nSPS) is 10.3. The summed E-state index contributed by atoms with van der Waals surface area (Å²) in [6, 6.07) is 7.20. The van der Waals surface area contributed by atoms with Crippen LogP contribution in [0.4, 0.5) is 0 Å². The van der Waals surface area contributed by atoms with Gasteiger partial charge in [-0.3, -0.25) is 4.79 Å². The molecule has 0 bridgehead atoms. The smallest absolute Gasteiger partial charge is 0.159 e. The molecule has 1 aromatic rings. The number of hydrogen-bond donors (Lipinski definition) is 0. The van der Waals surface area contributed by atoms with Crippen LogP contribution in [-0.2, 0) is 9.47 Å². The monoisotopic (exact) mass is 252 g/mol. The van der Waals surface area contributed by atoms with E-state index in [4.69, 9.17) is 14.2 Å². The van der Waals surface area contributed by atoms with Crippen LogP contribution in [0.1, 0.15) is 23.7 Å². The molecule has 0 aromatic heterocycles. The van der Waals surface area contributed by atoms with Crippen molar-refractivity contribution >= 4 is 5.78 Å². The van der Waals surface area contributed by atoms with Gasteiger partial charge in [-0.1, -0.05) is 12.1 Å². The molecule has 18 heavy (non-hydrogen) atoms. The van der Waals surface area contributed by atoms with E-state index in [2.05, 4.69) is 0 Å². The van der Waals surface area contributed by atoms with E-state index in [1.807, 2.05) is 12.1 Å². The lowest BCUT2D eigenvalue weighted by Gasteiger charge is -2.07. The van der Waals surface area contributed by atoms with Crippen LogP contribution in [-0.4, -0.2) is 39.3 Å². The minimum atomic E-state index is 0.0448. The second-order valence-corrected chi connectivity index (χ2v) is 3.89. The van der Waals surface area contributed by atoms with Crippen LogP contribution in [0, 0.1) is 0 Å². The van der Waals surface area contributed by atoms with Gasteiger partial charge in [-0.15, -0.1) is 0 Å². The topological polar surface area (TPSA) is 44.8 Å². The fourth-order valence-electron chi connectivity index (χ4n) is 1.40. The van der Waals surface area contributed by atoms with E-state index < -0.39 is 0 Å². The van der Waals surface area contributed by atoms with Gasteiger partial charge in [-0.05, 0) is 19.1 Å². The van der Waals surface area contributed by atoms with Gasteiger partial charge in [0.1, 0.15) is 5.75 Å². The van der Waals surface area contributed by atoms with Crippen molar-refractivity contribution in [1.29, 1.82) is 0 Å². The Morgan fingerprint density at radius 2 is 2.00 bits per heavy atom. The summed E-state index contributed by atoms with van der Waals surface area (Å²) >= 11 is 0. The lowest BCUT2D eigenvalue weighted by Crippen LogP contribution is -2.07. The standard InChI is InChI=1S/C14H20O4/c1-12(15)13-5-3-6-14(11-13)18-8-4-7-17-10-9-16-2/h3,5-6,11H,4,7-10H2,1-2H3. The van der Waals surface area contributed by atoms with Gasteiger partial charge in [-0.25, -0.2) is 0 Å². The van der Waals surface area contributed by atoms with E-state index in [1.165, 1.54) is 0 Å². The fraction of sp³-hybridized carbons (Fsp3) is 0.500. The molecule has 0 aliphatic heterocycles. The summed E-state index contributed by atoms with van der Waals surface area (Å²) < 4.78 is 15.7. The zero-order valence-corrected chi connectivity index (χ0v) is 11.0. The number of ketones is 1. The predicted molar refractivity (Wildman–Crippen MR) is 69.3 cm³/mol. The van der Waals surface area contributed by atoms with Crippen LogP contribution in [0.15, 0.2) is 24.3 Å². The molecule has 1 rings (SSSR count). The third kappa shape index (κ3) is 5.80. The van der Waals surface area contributed by atoms with Gasteiger partial charge < -0.3 is 14.2 Å². The Morgan fingerprint density at radius 3 is 2.72 bits per heavy atom. The van der Waals surface area contributed by atoms with Crippen molar-refractivity contribution < 1.29 is 19.0 Å². The molecule has 0 spiro atoms. The number of carbonyl (C=O) groups excluding carboxylic acids is 1. The first-order chi connectivity index (χ1) is 8.74. The molecule has 0 unspecified atom stereocenters.